The van der Waals surface area contributed by atoms with Crippen molar-refractivity contribution >= 4 is 0 Å². The summed E-state index contributed by atoms with van der Waals surface area (Å²) in [5.74, 6) is -0.00906. The topological polar surface area (TPSA) is 45.1 Å². The van der Waals surface area contributed by atoms with Crippen LogP contribution in [0.25, 0.3) is 0 Å². The van der Waals surface area contributed by atoms with Crippen LogP contribution < -0.4 is 5.32 Å². The first-order chi connectivity index (χ1) is 7.54. The van der Waals surface area contributed by atoms with E-state index < -0.39 is 0 Å². The minimum absolute atomic E-state index is 0.0123. The first kappa shape index (κ1) is 13.1. The van der Waals surface area contributed by atoms with Crippen molar-refractivity contribution in [3.8, 4) is 0 Å². The lowest BCUT2D eigenvalue weighted by Gasteiger charge is -2.24. The smallest absolute Gasteiger partial charge is 0.141 e. The zero-order valence-electron chi connectivity index (χ0n) is 9.94. The van der Waals surface area contributed by atoms with E-state index in [0.717, 1.165) is 5.56 Å². The molecule has 0 aromatic carbocycles. The van der Waals surface area contributed by atoms with Crippen LogP contribution in [-0.4, -0.2) is 22.7 Å². The van der Waals surface area contributed by atoms with Gasteiger partial charge in [0.1, 0.15) is 5.82 Å². The van der Waals surface area contributed by atoms with Crippen LogP contribution in [0.1, 0.15) is 32.4 Å². The van der Waals surface area contributed by atoms with Gasteiger partial charge in [0.05, 0.1) is 12.8 Å². The summed E-state index contributed by atoms with van der Waals surface area (Å²) in [4.78, 5) is 3.81. The Bertz CT molecular complexity index is 331. The van der Waals surface area contributed by atoms with Gasteiger partial charge in [-0.1, -0.05) is 13.8 Å². The van der Waals surface area contributed by atoms with Crippen LogP contribution in [0.3, 0.4) is 0 Å². The Morgan fingerprint density at radius 3 is 2.56 bits per heavy atom. The van der Waals surface area contributed by atoms with Gasteiger partial charge >= 0.3 is 0 Å². The van der Waals surface area contributed by atoms with E-state index in [4.69, 9.17) is 0 Å². The number of nitrogens with zero attached hydrogens (tertiary/aromatic N) is 1. The van der Waals surface area contributed by atoms with Crippen molar-refractivity contribution in [2.75, 3.05) is 6.61 Å². The molecular weight excluding hydrogens is 207 g/mol. The lowest BCUT2D eigenvalue weighted by atomic mass is 10.0. The molecule has 16 heavy (non-hydrogen) atoms. The monoisotopic (exact) mass is 226 g/mol. The first-order valence-corrected chi connectivity index (χ1v) is 5.52. The number of rotatable bonds is 5. The van der Waals surface area contributed by atoms with Crippen LogP contribution in [0.15, 0.2) is 18.5 Å². The second kappa shape index (κ2) is 5.92. The Morgan fingerprint density at radius 1 is 1.38 bits per heavy atom. The number of pyridine rings is 1. The molecule has 3 nitrogen and oxygen atoms in total. The maximum absolute atomic E-state index is 13.0. The molecule has 0 bridgehead atoms. The fraction of sp³-hybridized carbons (Fsp3) is 0.583. The first-order valence-electron chi connectivity index (χ1n) is 5.52. The zero-order valence-corrected chi connectivity index (χ0v) is 9.94. The van der Waals surface area contributed by atoms with E-state index in [0.29, 0.717) is 5.92 Å². The minimum Gasteiger partial charge on any atom is -0.395 e. The van der Waals surface area contributed by atoms with E-state index >= 15 is 0 Å². The quantitative estimate of drug-likeness (QED) is 0.806. The molecule has 0 saturated heterocycles. The van der Waals surface area contributed by atoms with Crippen molar-refractivity contribution in [3.63, 3.8) is 0 Å². The lowest BCUT2D eigenvalue weighted by Crippen LogP contribution is -2.38. The predicted octanol–water partition coefficient (Wildman–Crippen LogP) is 1.89. The highest BCUT2D eigenvalue weighted by molar-refractivity contribution is 5.14. The van der Waals surface area contributed by atoms with Gasteiger partial charge in [0.25, 0.3) is 0 Å². The molecule has 2 atom stereocenters. The predicted molar refractivity (Wildman–Crippen MR) is 61.5 cm³/mol. The lowest BCUT2D eigenvalue weighted by molar-refractivity contribution is 0.201. The van der Waals surface area contributed by atoms with Crippen molar-refractivity contribution in [1.29, 1.82) is 0 Å². The Kier molecular flexibility index (Phi) is 4.83. The number of aromatic nitrogens is 1. The third kappa shape index (κ3) is 3.54. The van der Waals surface area contributed by atoms with Gasteiger partial charge < -0.3 is 10.4 Å². The number of hydrogen-bond donors (Lipinski definition) is 2. The summed E-state index contributed by atoms with van der Waals surface area (Å²) in [5, 5.41) is 12.4. The fourth-order valence-corrected chi connectivity index (χ4v) is 1.54. The SMILES string of the molecule is CC(NC(CO)C(C)C)c1cncc(F)c1. The van der Waals surface area contributed by atoms with Crippen molar-refractivity contribution in [3.05, 3.63) is 29.8 Å². The average Bonchev–Trinajstić information content (AvgIpc) is 2.25. The van der Waals surface area contributed by atoms with Gasteiger partial charge in [0.2, 0.25) is 0 Å². The summed E-state index contributed by atoms with van der Waals surface area (Å²) in [6, 6.07) is 1.44. The molecule has 1 rings (SSSR count). The van der Waals surface area contributed by atoms with Crippen molar-refractivity contribution in [2.45, 2.75) is 32.9 Å². The number of aliphatic hydroxyl groups is 1. The average molecular weight is 226 g/mol. The molecule has 0 fully saturated rings. The zero-order chi connectivity index (χ0) is 12.1. The largest absolute Gasteiger partial charge is 0.395 e. The maximum atomic E-state index is 13.0. The molecule has 1 aromatic heterocycles. The van der Waals surface area contributed by atoms with Crippen LogP contribution in [-0.2, 0) is 0 Å². The number of hydrogen-bond acceptors (Lipinski definition) is 3. The van der Waals surface area contributed by atoms with Crippen molar-refractivity contribution in [1.82, 2.24) is 10.3 Å². The molecule has 0 spiro atoms. The van der Waals surface area contributed by atoms with E-state index in [-0.39, 0.29) is 24.5 Å². The molecule has 0 saturated carbocycles. The van der Waals surface area contributed by atoms with Gasteiger partial charge in [-0.15, -0.1) is 0 Å². The fourth-order valence-electron chi connectivity index (χ4n) is 1.54. The van der Waals surface area contributed by atoms with Gasteiger partial charge in [-0.3, -0.25) is 4.98 Å². The second-order valence-electron chi connectivity index (χ2n) is 4.36. The summed E-state index contributed by atoms with van der Waals surface area (Å²) < 4.78 is 13.0. The summed E-state index contributed by atoms with van der Waals surface area (Å²) in [6.45, 7) is 6.07. The summed E-state index contributed by atoms with van der Waals surface area (Å²) in [6.07, 6.45) is 2.82. The normalized spacial score (nSPS) is 15.1. The van der Waals surface area contributed by atoms with E-state index in [1.54, 1.807) is 6.20 Å². The van der Waals surface area contributed by atoms with Crippen LogP contribution in [0.2, 0.25) is 0 Å². The maximum Gasteiger partial charge on any atom is 0.141 e. The van der Waals surface area contributed by atoms with E-state index in [2.05, 4.69) is 10.3 Å². The highest BCUT2D eigenvalue weighted by Crippen LogP contribution is 2.14. The van der Waals surface area contributed by atoms with Crippen LogP contribution >= 0.6 is 0 Å². The van der Waals surface area contributed by atoms with Gasteiger partial charge in [-0.2, -0.15) is 0 Å². The number of aliphatic hydroxyl groups excluding tert-OH is 1. The molecule has 0 radical (unpaired) electrons. The molecule has 2 N–H and O–H groups in total. The Hall–Kier alpha value is -1.00. The highest BCUT2D eigenvalue weighted by atomic mass is 19.1. The molecule has 0 aliphatic heterocycles. The molecule has 4 heteroatoms. The minimum atomic E-state index is -0.337. The standard InChI is InChI=1S/C12H19FN2O/c1-8(2)12(7-16)15-9(3)10-4-11(13)6-14-5-10/h4-6,8-9,12,15-16H,7H2,1-3H3. The summed E-state index contributed by atoms with van der Waals surface area (Å²) in [7, 11) is 0. The summed E-state index contributed by atoms with van der Waals surface area (Å²) >= 11 is 0. The third-order valence-electron chi connectivity index (χ3n) is 2.69. The molecule has 0 amide bonds. The van der Waals surface area contributed by atoms with Gasteiger partial charge in [-0.05, 0) is 24.5 Å². The van der Waals surface area contributed by atoms with Gasteiger partial charge in [0.15, 0.2) is 0 Å². The van der Waals surface area contributed by atoms with Crippen LogP contribution in [0, 0.1) is 11.7 Å². The van der Waals surface area contributed by atoms with Crippen LogP contribution in [0.4, 0.5) is 4.39 Å². The number of halogens is 1. The molecule has 0 aliphatic carbocycles. The Balaban J connectivity index is 2.67. The summed E-state index contributed by atoms with van der Waals surface area (Å²) in [5.41, 5.74) is 0.791. The van der Waals surface area contributed by atoms with Crippen molar-refractivity contribution in [2.24, 2.45) is 5.92 Å². The highest BCUT2D eigenvalue weighted by Gasteiger charge is 2.16. The van der Waals surface area contributed by atoms with Gasteiger partial charge in [-0.25, -0.2) is 4.39 Å². The Labute approximate surface area is 95.7 Å². The molecule has 1 aromatic rings. The molecule has 2 unspecified atom stereocenters. The Morgan fingerprint density at radius 2 is 2.06 bits per heavy atom. The second-order valence-corrected chi connectivity index (χ2v) is 4.36. The molecular formula is C12H19FN2O. The van der Waals surface area contributed by atoms with E-state index in [1.807, 2.05) is 20.8 Å². The third-order valence-corrected chi connectivity index (χ3v) is 2.69. The van der Waals surface area contributed by atoms with Crippen molar-refractivity contribution < 1.29 is 9.50 Å². The molecule has 0 aliphatic rings. The van der Waals surface area contributed by atoms with Crippen LogP contribution in [0.5, 0.6) is 0 Å². The number of nitrogens with one attached hydrogen (secondary N) is 1. The van der Waals surface area contributed by atoms with E-state index in [1.165, 1.54) is 12.3 Å². The molecule has 90 valence electrons. The van der Waals surface area contributed by atoms with E-state index in [9.17, 15) is 9.50 Å². The van der Waals surface area contributed by atoms with Gasteiger partial charge in [0, 0.05) is 18.3 Å². The molecule has 1 heterocycles.